The predicted molar refractivity (Wildman–Crippen MR) is 28.2 cm³/mol. The number of nitrogens with zero attached hydrogens (tertiary/aromatic N) is 1. The molecule has 5 nitrogen and oxygen atoms in total. The van der Waals surface area contributed by atoms with Crippen LogP contribution >= 0.6 is 0 Å². The Morgan fingerprint density at radius 1 is 1.67 bits per heavy atom. The highest BCUT2D eigenvalue weighted by molar-refractivity contribution is 7.61. The molecule has 0 rings (SSSR count). The maximum absolute atomic E-state index is 10.1. The molecule has 0 N–H and O–H groups in total. The Kier molecular flexibility index (Phi) is 3.61. The Hall–Kier alpha value is -0.910. The first-order valence-corrected chi connectivity index (χ1v) is 3.03. The summed E-state index contributed by atoms with van der Waals surface area (Å²) in [6.07, 6.45) is 0. The zero-order chi connectivity index (χ0) is 7.28. The minimum Gasteiger partial charge on any atom is -0.468 e. The number of methoxy groups -OCH3 is 1. The van der Waals surface area contributed by atoms with Gasteiger partial charge in [0.25, 0.3) is 0 Å². The van der Waals surface area contributed by atoms with Gasteiger partial charge in [-0.1, -0.05) is 0 Å². The van der Waals surface area contributed by atoms with Gasteiger partial charge in [-0.25, -0.2) is 0 Å². The van der Waals surface area contributed by atoms with Crippen LogP contribution in [0.5, 0.6) is 0 Å². The van der Waals surface area contributed by atoms with Crippen molar-refractivity contribution in [3.63, 3.8) is 0 Å². The van der Waals surface area contributed by atoms with Crippen LogP contribution in [0, 0.1) is 0 Å². The zero-order valence-corrected chi connectivity index (χ0v) is 5.51. The smallest absolute Gasteiger partial charge is 0.328 e. The molecule has 0 aromatic rings. The van der Waals surface area contributed by atoms with E-state index in [2.05, 4.69) is 9.10 Å². The van der Waals surface area contributed by atoms with Crippen LogP contribution in [0.3, 0.4) is 0 Å². The largest absolute Gasteiger partial charge is 0.468 e. The lowest BCUT2D eigenvalue weighted by Crippen LogP contribution is -2.03. The summed E-state index contributed by atoms with van der Waals surface area (Å²) in [7, 11) is -1.36. The van der Waals surface area contributed by atoms with Gasteiger partial charge >= 0.3 is 16.5 Å². The van der Waals surface area contributed by atoms with Crippen LogP contribution in [0.2, 0.25) is 0 Å². The molecular formula is C3H5NO4S. The van der Waals surface area contributed by atoms with Gasteiger partial charge in [-0.15, -0.1) is 0 Å². The van der Waals surface area contributed by atoms with E-state index in [4.69, 9.17) is 0 Å². The van der Waals surface area contributed by atoms with Gasteiger partial charge < -0.3 is 4.74 Å². The summed E-state index contributed by atoms with van der Waals surface area (Å²) in [5.74, 6) is -0.667. The topological polar surface area (TPSA) is 72.8 Å². The summed E-state index contributed by atoms with van der Waals surface area (Å²) in [6, 6.07) is 0. The van der Waals surface area contributed by atoms with E-state index in [1.165, 1.54) is 0 Å². The molecule has 0 unspecified atom stereocenters. The van der Waals surface area contributed by atoms with Crippen molar-refractivity contribution in [2.24, 2.45) is 4.36 Å². The highest BCUT2D eigenvalue weighted by Gasteiger charge is 1.94. The molecule has 0 heterocycles. The SMILES string of the molecule is COC(=O)CN=S(=O)=O. The summed E-state index contributed by atoms with van der Waals surface area (Å²) in [4.78, 5) is 10.1. The Labute approximate surface area is 53.3 Å². The van der Waals surface area contributed by atoms with Crippen molar-refractivity contribution in [3.05, 3.63) is 0 Å². The molecule has 0 saturated heterocycles. The molecule has 0 atom stereocenters. The zero-order valence-electron chi connectivity index (χ0n) is 4.70. The molecule has 0 amide bonds. The van der Waals surface area contributed by atoms with Crippen molar-refractivity contribution in [3.8, 4) is 0 Å². The summed E-state index contributed by atoms with van der Waals surface area (Å²) in [5, 5.41) is 0. The maximum atomic E-state index is 10.1. The first-order chi connectivity index (χ1) is 4.16. The number of ether oxygens (including phenoxy) is 1. The van der Waals surface area contributed by atoms with Crippen molar-refractivity contribution in [2.75, 3.05) is 13.7 Å². The Morgan fingerprint density at radius 2 is 2.22 bits per heavy atom. The number of hydrogen-bond donors (Lipinski definition) is 0. The molecule has 0 saturated carbocycles. The molecule has 0 bridgehead atoms. The molecule has 0 aliphatic carbocycles. The Bertz CT molecular complexity index is 208. The van der Waals surface area contributed by atoms with Gasteiger partial charge in [-0.05, 0) is 0 Å². The Morgan fingerprint density at radius 3 is 2.56 bits per heavy atom. The van der Waals surface area contributed by atoms with E-state index < -0.39 is 23.0 Å². The predicted octanol–water partition coefficient (Wildman–Crippen LogP) is -0.778. The van der Waals surface area contributed by atoms with E-state index >= 15 is 0 Å². The highest BCUT2D eigenvalue weighted by atomic mass is 32.2. The second-order valence-electron chi connectivity index (χ2n) is 1.08. The van der Waals surface area contributed by atoms with E-state index in [1.807, 2.05) is 0 Å². The van der Waals surface area contributed by atoms with Gasteiger partial charge in [0.2, 0.25) is 0 Å². The van der Waals surface area contributed by atoms with Crippen LogP contribution in [-0.2, 0) is 20.0 Å². The standard InChI is InChI=1S/C3H5NO4S/c1-8-3(5)2-4-9(6)7/h2H2,1H3. The molecule has 0 aliphatic rings. The second kappa shape index (κ2) is 4.02. The fourth-order valence-electron chi connectivity index (χ4n) is 0.170. The van der Waals surface area contributed by atoms with Crippen LogP contribution in [0.15, 0.2) is 4.36 Å². The van der Waals surface area contributed by atoms with Crippen molar-refractivity contribution in [1.82, 2.24) is 0 Å². The van der Waals surface area contributed by atoms with Crippen LogP contribution in [0.4, 0.5) is 0 Å². The average molecular weight is 151 g/mol. The van der Waals surface area contributed by atoms with E-state index in [0.717, 1.165) is 7.11 Å². The van der Waals surface area contributed by atoms with E-state index in [9.17, 15) is 13.2 Å². The van der Waals surface area contributed by atoms with Gasteiger partial charge in [0.15, 0.2) is 6.54 Å². The first kappa shape index (κ1) is 8.09. The normalized spacial score (nSPS) is 8.11. The van der Waals surface area contributed by atoms with Crippen molar-refractivity contribution in [1.29, 1.82) is 0 Å². The monoisotopic (exact) mass is 151 g/mol. The van der Waals surface area contributed by atoms with E-state index in [1.54, 1.807) is 0 Å². The maximum Gasteiger partial charge on any atom is 0.328 e. The average Bonchev–Trinajstić information content (AvgIpc) is 1.83. The van der Waals surface area contributed by atoms with Crippen LogP contribution in [0.1, 0.15) is 0 Å². The second-order valence-corrected chi connectivity index (χ2v) is 1.77. The lowest BCUT2D eigenvalue weighted by molar-refractivity contribution is -0.138. The molecular weight excluding hydrogens is 146 g/mol. The quantitative estimate of drug-likeness (QED) is 0.485. The number of carbonyl (C=O) groups is 1. The molecule has 6 heteroatoms. The minimum absolute atomic E-state index is 0.438. The van der Waals surface area contributed by atoms with Gasteiger partial charge in [-0.3, -0.25) is 4.79 Å². The third kappa shape index (κ3) is 4.95. The van der Waals surface area contributed by atoms with Crippen molar-refractivity contribution < 1.29 is 17.9 Å². The fourth-order valence-corrected chi connectivity index (χ4v) is 0.381. The third-order valence-electron chi connectivity index (χ3n) is 0.527. The molecule has 52 valence electrons. The molecule has 0 fully saturated rings. The van der Waals surface area contributed by atoms with Crippen molar-refractivity contribution in [2.45, 2.75) is 0 Å². The first-order valence-electron chi connectivity index (χ1n) is 2.00. The highest BCUT2D eigenvalue weighted by Crippen LogP contribution is 1.73. The van der Waals surface area contributed by atoms with Gasteiger partial charge in [0.1, 0.15) is 0 Å². The number of esters is 1. The van der Waals surface area contributed by atoms with Gasteiger partial charge in [-0.2, -0.15) is 12.8 Å². The summed E-state index contributed by atoms with van der Waals surface area (Å²) in [5.41, 5.74) is 0. The third-order valence-corrected chi connectivity index (χ3v) is 0.867. The molecule has 0 aromatic heterocycles. The van der Waals surface area contributed by atoms with E-state index in [-0.39, 0.29) is 0 Å². The van der Waals surface area contributed by atoms with Crippen LogP contribution < -0.4 is 0 Å². The van der Waals surface area contributed by atoms with E-state index in [0.29, 0.717) is 0 Å². The molecule has 0 spiro atoms. The molecule has 0 aliphatic heterocycles. The number of rotatable bonds is 2. The number of hydrogen-bond acceptors (Lipinski definition) is 5. The Balaban J connectivity index is 3.78. The molecule has 0 radical (unpaired) electrons. The van der Waals surface area contributed by atoms with Crippen LogP contribution in [0.25, 0.3) is 0 Å². The summed E-state index contributed by atoms with van der Waals surface area (Å²) < 4.78 is 26.2. The fraction of sp³-hybridized carbons (Fsp3) is 0.667. The lowest BCUT2D eigenvalue weighted by Gasteiger charge is -1.87. The molecule has 9 heavy (non-hydrogen) atoms. The lowest BCUT2D eigenvalue weighted by atomic mass is 10.7. The van der Waals surface area contributed by atoms with Gasteiger partial charge in [0.05, 0.1) is 7.11 Å². The van der Waals surface area contributed by atoms with Crippen molar-refractivity contribution >= 4 is 16.5 Å². The summed E-state index contributed by atoms with van der Waals surface area (Å²) >= 11 is 0. The molecule has 0 aromatic carbocycles. The number of carbonyl (C=O) groups excluding carboxylic acids is 1. The summed E-state index contributed by atoms with van der Waals surface area (Å²) in [6.45, 7) is -0.438. The minimum atomic E-state index is -2.51. The van der Waals surface area contributed by atoms with Crippen LogP contribution in [-0.4, -0.2) is 28.0 Å². The van der Waals surface area contributed by atoms with Gasteiger partial charge in [0, 0.05) is 0 Å².